The third kappa shape index (κ3) is 7.38. The number of carbonyl (C=O) groups excluding carboxylic acids is 1. The highest BCUT2D eigenvalue weighted by Gasteiger charge is 2.32. The smallest absolute Gasteiger partial charge is 0.237 e. The summed E-state index contributed by atoms with van der Waals surface area (Å²) in [7, 11) is 0.196. The van der Waals surface area contributed by atoms with Crippen LogP contribution in [0.1, 0.15) is 24.8 Å². The Morgan fingerprint density at radius 1 is 1.29 bits per heavy atom. The third-order valence-corrected chi connectivity index (χ3v) is 5.60. The summed E-state index contributed by atoms with van der Waals surface area (Å²) in [5.74, 6) is 0.546. The van der Waals surface area contributed by atoms with Gasteiger partial charge in [-0.25, -0.2) is 13.1 Å². The topological polar surface area (TPSA) is 99.2 Å². The SMILES string of the molecule is COc1ccc(CN(C)C[C@@]2(O)CCCN(C(=O)CNS(C)(=O)=O)CC2)cc1. The van der Waals surface area contributed by atoms with E-state index in [9.17, 15) is 18.3 Å². The van der Waals surface area contributed by atoms with Gasteiger partial charge in [0.1, 0.15) is 5.75 Å². The summed E-state index contributed by atoms with van der Waals surface area (Å²) in [6.07, 6.45) is 2.77. The van der Waals surface area contributed by atoms with Crippen molar-refractivity contribution in [2.75, 3.05) is 46.6 Å². The Balaban J connectivity index is 1.87. The molecule has 1 aromatic carbocycles. The average Bonchev–Trinajstić information content (AvgIpc) is 2.81. The van der Waals surface area contributed by atoms with Crippen LogP contribution in [-0.4, -0.2) is 81.4 Å². The zero-order valence-electron chi connectivity index (χ0n) is 16.8. The summed E-state index contributed by atoms with van der Waals surface area (Å²) >= 11 is 0. The molecule has 0 aromatic heterocycles. The number of rotatable bonds is 8. The highest BCUT2D eigenvalue weighted by atomic mass is 32.2. The Labute approximate surface area is 167 Å². The maximum atomic E-state index is 12.2. The normalized spacial score (nSPS) is 20.8. The van der Waals surface area contributed by atoms with Crippen LogP contribution in [0.25, 0.3) is 0 Å². The van der Waals surface area contributed by atoms with Gasteiger partial charge in [0.2, 0.25) is 15.9 Å². The van der Waals surface area contributed by atoms with Crippen LogP contribution in [0, 0.1) is 0 Å². The van der Waals surface area contributed by atoms with E-state index in [-0.39, 0.29) is 12.5 Å². The lowest BCUT2D eigenvalue weighted by Gasteiger charge is -2.32. The first-order valence-corrected chi connectivity index (χ1v) is 11.3. The third-order valence-electron chi connectivity index (χ3n) is 4.93. The second-order valence-corrected chi connectivity index (χ2v) is 9.41. The van der Waals surface area contributed by atoms with Crippen molar-refractivity contribution < 1.29 is 23.1 Å². The fourth-order valence-electron chi connectivity index (χ4n) is 3.49. The molecule has 1 aromatic rings. The lowest BCUT2D eigenvalue weighted by atomic mass is 9.94. The molecule has 0 bridgehead atoms. The van der Waals surface area contributed by atoms with Gasteiger partial charge in [0.15, 0.2) is 0 Å². The van der Waals surface area contributed by atoms with Crippen molar-refractivity contribution in [3.63, 3.8) is 0 Å². The number of nitrogens with zero attached hydrogens (tertiary/aromatic N) is 2. The molecule has 1 aliphatic heterocycles. The molecule has 1 saturated heterocycles. The first-order chi connectivity index (χ1) is 13.1. The molecule has 0 aliphatic carbocycles. The lowest BCUT2D eigenvalue weighted by Crippen LogP contribution is -2.43. The van der Waals surface area contributed by atoms with E-state index in [1.165, 1.54) is 0 Å². The monoisotopic (exact) mass is 413 g/mol. The number of ether oxygens (including phenoxy) is 1. The quantitative estimate of drug-likeness (QED) is 0.641. The molecule has 1 heterocycles. The Bertz CT molecular complexity index is 753. The standard InChI is InChI=1S/C19H31N3O5S/c1-21(14-16-5-7-17(27-2)8-6-16)15-19(24)9-4-11-22(12-10-19)18(23)13-20-28(3,25)26/h5-8,20,24H,4,9-15H2,1-3H3/t19-/m1/s1. The van der Waals surface area contributed by atoms with E-state index in [1.54, 1.807) is 12.0 Å². The molecule has 1 amide bonds. The predicted octanol–water partition coefficient (Wildman–Crippen LogP) is 0.420. The number of likely N-dealkylation sites (N-methyl/N-ethyl adjacent to an activating group) is 1. The van der Waals surface area contributed by atoms with E-state index in [2.05, 4.69) is 9.62 Å². The first-order valence-electron chi connectivity index (χ1n) is 9.36. The van der Waals surface area contributed by atoms with Crippen molar-refractivity contribution in [3.05, 3.63) is 29.8 Å². The summed E-state index contributed by atoms with van der Waals surface area (Å²) in [5.41, 5.74) is 0.254. The van der Waals surface area contributed by atoms with Gasteiger partial charge in [-0.2, -0.15) is 0 Å². The van der Waals surface area contributed by atoms with Crippen LogP contribution in [0.15, 0.2) is 24.3 Å². The second-order valence-electron chi connectivity index (χ2n) is 7.57. The van der Waals surface area contributed by atoms with Crippen LogP contribution >= 0.6 is 0 Å². The minimum absolute atomic E-state index is 0.241. The molecule has 0 saturated carbocycles. The molecular formula is C19H31N3O5S. The minimum atomic E-state index is -3.40. The Morgan fingerprint density at radius 3 is 2.57 bits per heavy atom. The molecule has 0 spiro atoms. The fraction of sp³-hybridized carbons (Fsp3) is 0.632. The molecule has 1 fully saturated rings. The Kier molecular flexibility index (Phi) is 7.82. The van der Waals surface area contributed by atoms with Crippen molar-refractivity contribution in [1.29, 1.82) is 0 Å². The number of sulfonamides is 1. The van der Waals surface area contributed by atoms with Crippen LogP contribution in [0.3, 0.4) is 0 Å². The average molecular weight is 414 g/mol. The summed E-state index contributed by atoms with van der Waals surface area (Å²) < 4.78 is 29.7. The van der Waals surface area contributed by atoms with Crippen LogP contribution in [-0.2, 0) is 21.4 Å². The van der Waals surface area contributed by atoms with Crippen molar-refractivity contribution in [2.45, 2.75) is 31.4 Å². The number of hydrogen-bond acceptors (Lipinski definition) is 6. The maximum absolute atomic E-state index is 12.2. The molecule has 2 rings (SSSR count). The predicted molar refractivity (Wildman–Crippen MR) is 108 cm³/mol. The number of amides is 1. The molecular weight excluding hydrogens is 382 g/mol. The van der Waals surface area contributed by atoms with Crippen molar-refractivity contribution in [2.24, 2.45) is 0 Å². The number of nitrogens with one attached hydrogen (secondary N) is 1. The molecule has 28 heavy (non-hydrogen) atoms. The lowest BCUT2D eigenvalue weighted by molar-refractivity contribution is -0.130. The number of aliphatic hydroxyl groups is 1. The molecule has 1 atom stereocenters. The van der Waals surface area contributed by atoms with Gasteiger partial charge in [-0.05, 0) is 44.0 Å². The summed E-state index contributed by atoms with van der Waals surface area (Å²) in [6.45, 7) is 1.90. The van der Waals surface area contributed by atoms with Gasteiger partial charge < -0.3 is 14.7 Å². The van der Waals surface area contributed by atoms with E-state index in [0.717, 1.165) is 17.6 Å². The summed E-state index contributed by atoms with van der Waals surface area (Å²) in [4.78, 5) is 15.9. The maximum Gasteiger partial charge on any atom is 0.237 e. The molecule has 2 N–H and O–H groups in total. The van der Waals surface area contributed by atoms with E-state index in [4.69, 9.17) is 4.74 Å². The fourth-order valence-corrected chi connectivity index (χ4v) is 3.88. The van der Waals surface area contributed by atoms with E-state index < -0.39 is 15.6 Å². The Morgan fingerprint density at radius 2 is 1.96 bits per heavy atom. The largest absolute Gasteiger partial charge is 0.497 e. The molecule has 1 aliphatic rings. The van der Waals surface area contributed by atoms with E-state index in [1.807, 2.05) is 31.3 Å². The van der Waals surface area contributed by atoms with Gasteiger partial charge in [0.25, 0.3) is 0 Å². The van der Waals surface area contributed by atoms with Crippen LogP contribution in [0.2, 0.25) is 0 Å². The van der Waals surface area contributed by atoms with E-state index in [0.29, 0.717) is 45.4 Å². The van der Waals surface area contributed by atoms with E-state index >= 15 is 0 Å². The zero-order valence-corrected chi connectivity index (χ0v) is 17.7. The highest BCUT2D eigenvalue weighted by molar-refractivity contribution is 7.88. The molecule has 9 heteroatoms. The van der Waals surface area contributed by atoms with Crippen LogP contribution < -0.4 is 9.46 Å². The van der Waals surface area contributed by atoms with Crippen LogP contribution in [0.5, 0.6) is 5.75 Å². The first kappa shape index (κ1) is 22.6. The van der Waals surface area contributed by atoms with Gasteiger partial charge in [-0.1, -0.05) is 12.1 Å². The highest BCUT2D eigenvalue weighted by Crippen LogP contribution is 2.24. The number of hydrogen-bond donors (Lipinski definition) is 2. The number of carbonyl (C=O) groups is 1. The number of likely N-dealkylation sites (tertiary alicyclic amines) is 1. The minimum Gasteiger partial charge on any atom is -0.497 e. The summed E-state index contributed by atoms with van der Waals surface area (Å²) in [5, 5.41) is 11.0. The van der Waals surface area contributed by atoms with Gasteiger partial charge in [-0.15, -0.1) is 0 Å². The number of benzene rings is 1. The van der Waals surface area contributed by atoms with Crippen molar-refractivity contribution in [1.82, 2.24) is 14.5 Å². The molecule has 0 radical (unpaired) electrons. The van der Waals surface area contributed by atoms with Gasteiger partial charge in [0, 0.05) is 26.2 Å². The van der Waals surface area contributed by atoms with Crippen molar-refractivity contribution in [3.8, 4) is 5.75 Å². The second kappa shape index (κ2) is 9.69. The number of methoxy groups -OCH3 is 1. The molecule has 0 unspecified atom stereocenters. The molecule has 8 nitrogen and oxygen atoms in total. The van der Waals surface area contributed by atoms with Gasteiger partial charge in [0.05, 0.1) is 25.5 Å². The molecule has 158 valence electrons. The van der Waals surface area contributed by atoms with Gasteiger partial charge in [-0.3, -0.25) is 9.69 Å². The Hall–Kier alpha value is -1.68. The van der Waals surface area contributed by atoms with Crippen LogP contribution in [0.4, 0.5) is 0 Å². The van der Waals surface area contributed by atoms with Crippen molar-refractivity contribution >= 4 is 15.9 Å². The zero-order chi connectivity index (χ0) is 20.8. The van der Waals surface area contributed by atoms with Gasteiger partial charge >= 0.3 is 0 Å². The summed E-state index contributed by atoms with van der Waals surface area (Å²) in [6, 6.07) is 7.83.